The largest absolute Gasteiger partial charge is 0.0655 e. The Morgan fingerprint density at radius 2 is 2.33 bits per heavy atom. The van der Waals surface area contributed by atoms with Crippen molar-refractivity contribution in [2.24, 2.45) is 0 Å². The van der Waals surface area contributed by atoms with E-state index in [0.29, 0.717) is 9.04 Å². The summed E-state index contributed by atoms with van der Waals surface area (Å²) in [6, 6.07) is 1.61. The minimum atomic E-state index is 0.542. The molecule has 0 bridgehead atoms. The molecule has 0 saturated heterocycles. The minimum absolute atomic E-state index is 0.542. The van der Waals surface area contributed by atoms with Crippen LogP contribution in [0.3, 0.4) is 0 Å². The maximum absolute atomic E-state index is 2.27. The second kappa shape index (κ2) is 5.43. The summed E-state index contributed by atoms with van der Waals surface area (Å²) >= 11 is 0. The third kappa shape index (κ3) is 4.43. The number of hydrogen-bond donors (Lipinski definition) is 0. The van der Waals surface area contributed by atoms with E-state index in [1.165, 1.54) is 12.8 Å². The van der Waals surface area contributed by atoms with E-state index in [-0.39, 0.29) is 0 Å². The molecule has 0 amide bonds. The molecule has 0 nitrogen and oxygen atoms in total. The second-order valence-corrected chi connectivity index (χ2v) is 6.41. The van der Waals surface area contributed by atoms with Crippen LogP contribution >= 0.6 is 0 Å². The first-order valence-electron chi connectivity index (χ1n) is 2.91. The van der Waals surface area contributed by atoms with Gasteiger partial charge in [0.2, 0.25) is 0 Å². The lowest BCUT2D eigenvalue weighted by Crippen LogP contribution is -1.84. The van der Waals surface area contributed by atoms with Gasteiger partial charge in [-0.25, -0.2) is 0 Å². The molecular weight excluding hydrogens is 104 g/mol. The van der Waals surface area contributed by atoms with Crippen molar-refractivity contribution in [2.75, 3.05) is 0 Å². The van der Waals surface area contributed by atoms with Gasteiger partial charge in [-0.05, 0) is 9.76 Å². The topological polar surface area (TPSA) is 0 Å². The van der Waals surface area contributed by atoms with Gasteiger partial charge in [0.1, 0.15) is 0 Å². The lowest BCUT2D eigenvalue weighted by molar-refractivity contribution is 0.882. The van der Waals surface area contributed by atoms with Gasteiger partial charge in [0.05, 0.1) is 0 Å². The summed E-state index contributed by atoms with van der Waals surface area (Å²) in [4.78, 5) is 0. The summed E-state index contributed by atoms with van der Waals surface area (Å²) in [6.45, 7) is 2.27. The van der Waals surface area contributed by atoms with Crippen LogP contribution in [-0.2, 0) is 0 Å². The third-order valence-corrected chi connectivity index (χ3v) is 4.29. The van der Waals surface area contributed by atoms with E-state index in [1.54, 1.807) is 15.8 Å². The van der Waals surface area contributed by atoms with Crippen molar-refractivity contribution in [3.63, 3.8) is 0 Å². The van der Waals surface area contributed by atoms with Crippen molar-refractivity contribution in [1.82, 2.24) is 0 Å². The van der Waals surface area contributed by atoms with Crippen molar-refractivity contribution < 1.29 is 0 Å². The van der Waals surface area contributed by atoms with E-state index in [1.807, 2.05) is 0 Å². The summed E-state index contributed by atoms with van der Waals surface area (Å²) in [5.41, 5.74) is 0. The van der Waals surface area contributed by atoms with Crippen molar-refractivity contribution in [1.29, 1.82) is 0 Å². The molecule has 0 aliphatic carbocycles. The SMILES string of the molecule is CCCC[SiH2][SiH3]. The smallest absolute Gasteiger partial charge is 0.00412 e. The molecule has 0 unspecified atom stereocenters. The molecule has 38 valence electrons. The molecule has 0 fully saturated rings. The predicted octanol–water partition coefficient (Wildman–Crippen LogP) is -0.346. The lowest BCUT2D eigenvalue weighted by atomic mass is 10.4. The van der Waals surface area contributed by atoms with E-state index in [4.69, 9.17) is 0 Å². The molecule has 0 aromatic heterocycles. The molecule has 0 rings (SSSR count). The van der Waals surface area contributed by atoms with E-state index < -0.39 is 0 Å². The number of unbranched alkanes of at least 4 members (excludes halogenated alkanes) is 1. The molecule has 0 spiro atoms. The zero-order valence-electron chi connectivity index (χ0n) is 4.83. The minimum Gasteiger partial charge on any atom is -0.0655 e. The van der Waals surface area contributed by atoms with Gasteiger partial charge in [-0.1, -0.05) is 25.8 Å². The highest BCUT2D eigenvalue weighted by Gasteiger charge is 1.76. The van der Waals surface area contributed by atoms with Crippen LogP contribution in [-0.4, -0.2) is 18.8 Å². The van der Waals surface area contributed by atoms with Crippen LogP contribution < -0.4 is 0 Å². The van der Waals surface area contributed by atoms with Gasteiger partial charge in [0, 0.05) is 9.04 Å². The van der Waals surface area contributed by atoms with Crippen LogP contribution in [0.5, 0.6) is 0 Å². The van der Waals surface area contributed by atoms with Crippen LogP contribution in [0.4, 0.5) is 0 Å². The fourth-order valence-corrected chi connectivity index (χ4v) is 3.00. The van der Waals surface area contributed by atoms with Gasteiger partial charge in [-0.2, -0.15) is 0 Å². The monoisotopic (exact) mass is 118 g/mol. The average Bonchev–Trinajstić information content (AvgIpc) is 1.61. The summed E-state index contributed by atoms with van der Waals surface area (Å²) in [7, 11) is 2.08. The van der Waals surface area contributed by atoms with Crippen LogP contribution in [0.1, 0.15) is 19.8 Å². The Morgan fingerprint density at radius 3 is 2.50 bits per heavy atom. The average molecular weight is 118 g/mol. The zero-order valence-corrected chi connectivity index (χ0v) is 8.24. The Kier molecular flexibility index (Phi) is 5.83. The van der Waals surface area contributed by atoms with E-state index in [0.717, 1.165) is 0 Å². The molecule has 0 radical (unpaired) electrons. The quantitative estimate of drug-likeness (QED) is 0.351. The molecule has 0 aliphatic heterocycles. The molecule has 0 atom stereocenters. The van der Waals surface area contributed by atoms with E-state index >= 15 is 0 Å². The molecular formula is C4H14Si2. The molecule has 6 heavy (non-hydrogen) atoms. The van der Waals surface area contributed by atoms with Crippen LogP contribution in [0.25, 0.3) is 0 Å². The van der Waals surface area contributed by atoms with Crippen molar-refractivity contribution >= 4 is 18.8 Å². The molecule has 0 N–H and O–H groups in total. The number of hydrogen-bond acceptors (Lipinski definition) is 0. The van der Waals surface area contributed by atoms with Crippen LogP contribution in [0.15, 0.2) is 0 Å². The summed E-state index contributed by atoms with van der Waals surface area (Å²) in [5, 5.41) is 0. The molecule has 0 heterocycles. The summed E-state index contributed by atoms with van der Waals surface area (Å²) in [5.74, 6) is 0. The highest BCUT2D eigenvalue weighted by Crippen LogP contribution is 1.89. The van der Waals surface area contributed by atoms with Gasteiger partial charge in [0.15, 0.2) is 0 Å². The summed E-state index contributed by atoms with van der Waals surface area (Å²) < 4.78 is 0. The van der Waals surface area contributed by atoms with Gasteiger partial charge < -0.3 is 0 Å². The molecule has 0 saturated carbocycles. The lowest BCUT2D eigenvalue weighted by Gasteiger charge is -1.85. The Morgan fingerprint density at radius 1 is 1.67 bits per heavy atom. The molecule has 0 aliphatic rings. The van der Waals surface area contributed by atoms with Gasteiger partial charge in [-0.3, -0.25) is 0 Å². The Bertz CT molecular complexity index is 17.5. The second-order valence-electron chi connectivity index (χ2n) is 1.71. The van der Waals surface area contributed by atoms with Crippen molar-refractivity contribution in [3.05, 3.63) is 0 Å². The van der Waals surface area contributed by atoms with E-state index in [9.17, 15) is 0 Å². The van der Waals surface area contributed by atoms with Gasteiger partial charge in [-0.15, -0.1) is 0 Å². The highest BCUT2D eigenvalue weighted by atomic mass is 29.1. The van der Waals surface area contributed by atoms with Crippen LogP contribution in [0.2, 0.25) is 6.04 Å². The maximum atomic E-state index is 2.27. The molecule has 2 heteroatoms. The summed E-state index contributed by atoms with van der Waals surface area (Å²) in [6.07, 6.45) is 2.92. The Hall–Kier alpha value is 0.434. The fourth-order valence-electron chi connectivity index (χ4n) is 0.500. The van der Waals surface area contributed by atoms with Crippen molar-refractivity contribution in [2.45, 2.75) is 25.8 Å². The Labute approximate surface area is 45.4 Å². The van der Waals surface area contributed by atoms with Crippen molar-refractivity contribution in [3.8, 4) is 0 Å². The predicted molar refractivity (Wildman–Crippen MR) is 38.2 cm³/mol. The van der Waals surface area contributed by atoms with Gasteiger partial charge in [0.25, 0.3) is 0 Å². The standard InChI is InChI=1S/C4H14Si2/c1-2-3-4-6-5/h2-4,6H2,1,5H3. The molecule has 0 aromatic carbocycles. The Balaban J connectivity index is 2.34. The normalized spacial score (nSPS) is 11.5. The molecule has 0 aromatic rings. The van der Waals surface area contributed by atoms with Crippen LogP contribution in [0, 0.1) is 0 Å². The highest BCUT2D eigenvalue weighted by molar-refractivity contribution is 6.89. The fraction of sp³-hybridized carbons (Fsp3) is 1.00. The first kappa shape index (κ1) is 6.43. The third-order valence-electron chi connectivity index (χ3n) is 0.957. The first-order valence-corrected chi connectivity index (χ1v) is 9.57. The van der Waals surface area contributed by atoms with E-state index in [2.05, 4.69) is 6.92 Å². The maximum Gasteiger partial charge on any atom is 0.00412 e. The first-order chi connectivity index (χ1) is 2.91. The van der Waals surface area contributed by atoms with Gasteiger partial charge >= 0.3 is 0 Å². The zero-order chi connectivity index (χ0) is 4.83. The number of rotatable bonds is 3.